The van der Waals surface area contributed by atoms with Gasteiger partial charge in [-0.3, -0.25) is 4.31 Å². The normalized spacial score (nSPS) is 14.3. The van der Waals surface area contributed by atoms with E-state index in [1.807, 2.05) is 0 Å². The van der Waals surface area contributed by atoms with Crippen molar-refractivity contribution in [3.8, 4) is 0 Å². The number of nitrogens with zero attached hydrogens (tertiary/aromatic N) is 2. The van der Waals surface area contributed by atoms with E-state index in [9.17, 15) is 12.8 Å². The first-order chi connectivity index (χ1) is 9.50. The van der Waals surface area contributed by atoms with Crippen LogP contribution in [-0.4, -0.2) is 19.9 Å². The van der Waals surface area contributed by atoms with Gasteiger partial charge in [0.05, 0.1) is 5.69 Å². The number of anilines is 2. The van der Waals surface area contributed by atoms with Gasteiger partial charge in [0.2, 0.25) is 5.03 Å². The smallest absolute Gasteiger partial charge is 0.284 e. The molecule has 0 fully saturated rings. The van der Waals surface area contributed by atoms with E-state index in [1.165, 1.54) is 16.6 Å². The Bertz CT molecular complexity index is 777. The summed E-state index contributed by atoms with van der Waals surface area (Å²) in [4.78, 5) is 3.66. The molecule has 3 rings (SSSR count). The summed E-state index contributed by atoms with van der Waals surface area (Å²) in [6, 6.07) is 7.43. The maximum absolute atomic E-state index is 13.7. The number of hydrogen-bond donors (Lipinski definition) is 1. The van der Waals surface area contributed by atoms with Crippen molar-refractivity contribution >= 4 is 21.4 Å². The van der Waals surface area contributed by atoms with Crippen molar-refractivity contribution < 1.29 is 12.8 Å². The Labute approximate surface area is 115 Å². The summed E-state index contributed by atoms with van der Waals surface area (Å²) in [6.07, 6.45) is 1.81. The third kappa shape index (κ3) is 1.90. The lowest BCUT2D eigenvalue weighted by Crippen LogP contribution is -2.30. The zero-order valence-electron chi connectivity index (χ0n) is 10.5. The van der Waals surface area contributed by atoms with Gasteiger partial charge in [0, 0.05) is 18.4 Å². The molecule has 1 aromatic carbocycles. The summed E-state index contributed by atoms with van der Waals surface area (Å²) >= 11 is 0. The van der Waals surface area contributed by atoms with E-state index < -0.39 is 20.9 Å². The van der Waals surface area contributed by atoms with Gasteiger partial charge in [-0.25, -0.2) is 9.37 Å². The molecular formula is C13H12FN3O2S. The Morgan fingerprint density at radius 3 is 2.85 bits per heavy atom. The molecule has 0 saturated heterocycles. The van der Waals surface area contributed by atoms with Crippen LogP contribution in [0.3, 0.4) is 0 Å². The van der Waals surface area contributed by atoms with E-state index in [0.29, 0.717) is 17.8 Å². The molecule has 104 valence electrons. The van der Waals surface area contributed by atoms with Gasteiger partial charge in [0.15, 0.2) is 5.82 Å². The molecule has 1 aliphatic heterocycles. The Balaban J connectivity index is 2.10. The van der Waals surface area contributed by atoms with Crippen molar-refractivity contribution in [1.82, 2.24) is 4.98 Å². The fourth-order valence-electron chi connectivity index (χ4n) is 2.31. The Morgan fingerprint density at radius 2 is 2.10 bits per heavy atom. The minimum atomic E-state index is -3.99. The zero-order chi connectivity index (χ0) is 14.3. The van der Waals surface area contributed by atoms with Crippen molar-refractivity contribution in [3.63, 3.8) is 0 Å². The molecule has 1 aliphatic rings. The van der Waals surface area contributed by atoms with E-state index in [4.69, 9.17) is 5.73 Å². The second kappa shape index (κ2) is 4.45. The third-order valence-electron chi connectivity index (χ3n) is 3.22. The first kappa shape index (κ1) is 12.9. The average Bonchev–Trinajstić information content (AvgIpc) is 2.82. The first-order valence-electron chi connectivity index (χ1n) is 6.02. The summed E-state index contributed by atoms with van der Waals surface area (Å²) < 4.78 is 39.9. The summed E-state index contributed by atoms with van der Waals surface area (Å²) in [5.41, 5.74) is 7.63. The molecule has 0 aliphatic carbocycles. The van der Waals surface area contributed by atoms with Crippen LogP contribution in [-0.2, 0) is 16.4 Å². The van der Waals surface area contributed by atoms with Gasteiger partial charge in [-0.1, -0.05) is 0 Å². The van der Waals surface area contributed by atoms with Gasteiger partial charge >= 0.3 is 0 Å². The molecule has 0 unspecified atom stereocenters. The van der Waals surface area contributed by atoms with Crippen LogP contribution in [0.25, 0.3) is 0 Å². The predicted molar refractivity (Wildman–Crippen MR) is 73.3 cm³/mol. The lowest BCUT2D eigenvalue weighted by molar-refractivity contribution is 0.551. The second-order valence-corrected chi connectivity index (χ2v) is 6.28. The highest BCUT2D eigenvalue weighted by Crippen LogP contribution is 2.34. The van der Waals surface area contributed by atoms with E-state index in [-0.39, 0.29) is 6.54 Å². The molecule has 2 aromatic rings. The van der Waals surface area contributed by atoms with Gasteiger partial charge in [0.1, 0.15) is 0 Å². The molecule has 2 N–H and O–H groups in total. The van der Waals surface area contributed by atoms with Crippen molar-refractivity contribution in [3.05, 3.63) is 47.9 Å². The Hall–Kier alpha value is -2.15. The van der Waals surface area contributed by atoms with E-state index in [0.717, 1.165) is 11.6 Å². The second-order valence-electron chi connectivity index (χ2n) is 4.51. The van der Waals surface area contributed by atoms with Crippen LogP contribution in [0.2, 0.25) is 0 Å². The molecular weight excluding hydrogens is 281 g/mol. The van der Waals surface area contributed by atoms with E-state index in [2.05, 4.69) is 4.98 Å². The van der Waals surface area contributed by atoms with Crippen molar-refractivity contribution in [2.75, 3.05) is 16.6 Å². The number of fused-ring (bicyclic) bond motifs is 1. The lowest BCUT2D eigenvalue weighted by Gasteiger charge is -2.19. The SMILES string of the molecule is Nc1ccc2c(c1)CCN2S(=O)(=O)c1ncccc1F. The number of hydrogen-bond acceptors (Lipinski definition) is 4. The molecule has 0 saturated carbocycles. The highest BCUT2D eigenvalue weighted by atomic mass is 32.2. The van der Waals surface area contributed by atoms with E-state index >= 15 is 0 Å². The largest absolute Gasteiger partial charge is 0.399 e. The highest BCUT2D eigenvalue weighted by molar-refractivity contribution is 7.92. The fourth-order valence-corrected chi connectivity index (χ4v) is 3.79. The van der Waals surface area contributed by atoms with Crippen LogP contribution in [0.15, 0.2) is 41.6 Å². The Morgan fingerprint density at radius 1 is 1.30 bits per heavy atom. The summed E-state index contributed by atoms with van der Waals surface area (Å²) in [7, 11) is -3.99. The van der Waals surface area contributed by atoms with Crippen LogP contribution in [0, 0.1) is 5.82 Å². The van der Waals surface area contributed by atoms with Crippen molar-refractivity contribution in [2.24, 2.45) is 0 Å². The maximum atomic E-state index is 13.7. The van der Waals surface area contributed by atoms with Crippen LogP contribution >= 0.6 is 0 Å². The number of halogens is 1. The van der Waals surface area contributed by atoms with Crippen LogP contribution in [0.5, 0.6) is 0 Å². The van der Waals surface area contributed by atoms with Gasteiger partial charge in [-0.2, -0.15) is 8.42 Å². The molecule has 0 radical (unpaired) electrons. The number of nitrogen functional groups attached to an aromatic ring is 1. The molecule has 0 spiro atoms. The van der Waals surface area contributed by atoms with Crippen LogP contribution in [0.1, 0.15) is 5.56 Å². The summed E-state index contributed by atoms with van der Waals surface area (Å²) in [5.74, 6) is -0.851. The van der Waals surface area contributed by atoms with Gasteiger partial charge in [-0.05, 0) is 42.3 Å². The lowest BCUT2D eigenvalue weighted by atomic mass is 10.1. The molecule has 0 bridgehead atoms. The van der Waals surface area contributed by atoms with Crippen LogP contribution in [0.4, 0.5) is 15.8 Å². The van der Waals surface area contributed by atoms with Crippen LogP contribution < -0.4 is 10.0 Å². The quantitative estimate of drug-likeness (QED) is 0.852. The molecule has 0 atom stereocenters. The summed E-state index contributed by atoms with van der Waals surface area (Å²) in [6.45, 7) is 0.261. The fraction of sp³-hybridized carbons (Fsp3) is 0.154. The number of benzene rings is 1. The first-order valence-corrected chi connectivity index (χ1v) is 7.46. The molecule has 2 heterocycles. The standard InChI is InChI=1S/C13H12FN3O2S/c14-11-2-1-6-16-13(11)20(18,19)17-7-5-9-8-10(15)3-4-12(9)17/h1-4,6,8H,5,7,15H2. The number of aromatic nitrogens is 1. The zero-order valence-corrected chi connectivity index (χ0v) is 11.3. The summed E-state index contributed by atoms with van der Waals surface area (Å²) in [5, 5.41) is -0.551. The Kier molecular flexibility index (Phi) is 2.86. The van der Waals surface area contributed by atoms with Gasteiger partial charge < -0.3 is 5.73 Å². The van der Waals surface area contributed by atoms with Crippen molar-refractivity contribution in [2.45, 2.75) is 11.4 Å². The number of sulfonamides is 1. The number of nitrogens with two attached hydrogens (primary N) is 1. The molecule has 1 aromatic heterocycles. The monoisotopic (exact) mass is 293 g/mol. The maximum Gasteiger partial charge on any atom is 0.284 e. The number of rotatable bonds is 2. The van der Waals surface area contributed by atoms with Gasteiger partial charge in [0.25, 0.3) is 10.0 Å². The third-order valence-corrected chi connectivity index (χ3v) is 4.96. The molecule has 0 amide bonds. The minimum Gasteiger partial charge on any atom is -0.399 e. The van der Waals surface area contributed by atoms with Gasteiger partial charge in [-0.15, -0.1) is 0 Å². The van der Waals surface area contributed by atoms with Crippen molar-refractivity contribution in [1.29, 1.82) is 0 Å². The topological polar surface area (TPSA) is 76.3 Å². The average molecular weight is 293 g/mol. The number of pyridine rings is 1. The van der Waals surface area contributed by atoms with E-state index in [1.54, 1.807) is 18.2 Å². The molecule has 5 nitrogen and oxygen atoms in total. The molecule has 7 heteroatoms. The predicted octanol–water partition coefficient (Wildman–Crippen LogP) is 1.55. The minimum absolute atomic E-state index is 0.261. The molecule has 20 heavy (non-hydrogen) atoms. The highest BCUT2D eigenvalue weighted by Gasteiger charge is 2.33.